The van der Waals surface area contributed by atoms with E-state index >= 15 is 0 Å². The fourth-order valence-corrected chi connectivity index (χ4v) is 1.26. The summed E-state index contributed by atoms with van der Waals surface area (Å²) in [5, 5.41) is 0. The molecule has 1 heterocycles. The molecule has 0 saturated carbocycles. The Balaban J connectivity index is 2.84. The quantitative estimate of drug-likeness (QED) is 0.787. The number of alkyl halides is 3. The van der Waals surface area contributed by atoms with Crippen molar-refractivity contribution in [2.24, 2.45) is 0 Å². The monoisotopic (exact) mass is 252 g/mol. The van der Waals surface area contributed by atoms with Crippen LogP contribution in [0.2, 0.25) is 0 Å². The Morgan fingerprint density at radius 2 is 2.00 bits per heavy atom. The van der Waals surface area contributed by atoms with Crippen molar-refractivity contribution in [2.75, 3.05) is 6.61 Å². The molecule has 0 unspecified atom stereocenters. The molecule has 8 heteroatoms. The Labute approximate surface area is 94.0 Å². The molecule has 17 heavy (non-hydrogen) atoms. The summed E-state index contributed by atoms with van der Waals surface area (Å²) in [6.45, 7) is 0.812. The average Bonchev–Trinajstić information content (AvgIpc) is 2.21. The molecule has 0 N–H and O–H groups in total. The van der Waals surface area contributed by atoms with Crippen molar-refractivity contribution in [3.05, 3.63) is 33.1 Å². The smallest absolute Gasteiger partial charge is 0.301 e. The van der Waals surface area contributed by atoms with E-state index in [-0.39, 0.29) is 0 Å². The lowest BCUT2D eigenvalue weighted by molar-refractivity contribution is -0.325. The lowest BCUT2D eigenvalue weighted by Gasteiger charge is -2.09. The Hall–Kier alpha value is -1.57. The molecule has 1 aromatic rings. The van der Waals surface area contributed by atoms with Crippen LogP contribution in [-0.2, 0) is 17.8 Å². The van der Waals surface area contributed by atoms with Gasteiger partial charge in [-0.15, -0.1) is 13.2 Å². The van der Waals surface area contributed by atoms with E-state index in [0.717, 1.165) is 6.07 Å². The van der Waals surface area contributed by atoms with Gasteiger partial charge in [-0.1, -0.05) is 0 Å². The lowest BCUT2D eigenvalue weighted by atomic mass is 10.5. The predicted molar refractivity (Wildman–Crippen MR) is 52.6 cm³/mol. The molecule has 0 saturated heterocycles. The highest BCUT2D eigenvalue weighted by molar-refractivity contribution is 4.86. The van der Waals surface area contributed by atoms with Crippen molar-refractivity contribution >= 4 is 0 Å². The first-order chi connectivity index (χ1) is 7.85. The van der Waals surface area contributed by atoms with Crippen LogP contribution in [0.15, 0.2) is 21.9 Å². The van der Waals surface area contributed by atoms with Crippen LogP contribution in [0.5, 0.6) is 0 Å². The molecule has 0 amide bonds. The molecule has 0 fully saturated rings. The number of hydrogen-bond acceptors (Lipinski definition) is 3. The first-order valence-electron chi connectivity index (χ1n) is 4.86. The van der Waals surface area contributed by atoms with E-state index in [2.05, 4.69) is 4.74 Å². The van der Waals surface area contributed by atoms with Gasteiger partial charge in [-0.25, -0.2) is 4.79 Å². The van der Waals surface area contributed by atoms with Crippen LogP contribution in [0.4, 0.5) is 13.2 Å². The van der Waals surface area contributed by atoms with Crippen molar-refractivity contribution in [3.63, 3.8) is 0 Å². The summed E-state index contributed by atoms with van der Waals surface area (Å²) in [5.41, 5.74) is -1.30. The maximum absolute atomic E-state index is 11.7. The summed E-state index contributed by atoms with van der Waals surface area (Å²) >= 11 is 0. The van der Waals surface area contributed by atoms with Crippen LogP contribution in [0.3, 0.4) is 0 Å². The first kappa shape index (κ1) is 13.5. The summed E-state index contributed by atoms with van der Waals surface area (Å²) in [6.07, 6.45) is -3.46. The standard InChI is InChI=1S/C9H11F3N2O3/c1-2-13-4-3-7(15)14(8(13)16)5-6-17-9(10,11)12/h3-4H,2,5-6H2,1H3. The number of rotatable bonds is 4. The highest BCUT2D eigenvalue weighted by atomic mass is 19.4. The molecule has 0 aliphatic heterocycles. The van der Waals surface area contributed by atoms with Crippen molar-refractivity contribution in [1.29, 1.82) is 0 Å². The maximum Gasteiger partial charge on any atom is 0.522 e. The second-order valence-corrected chi connectivity index (χ2v) is 3.17. The summed E-state index contributed by atoms with van der Waals surface area (Å²) < 4.78 is 40.6. The van der Waals surface area contributed by atoms with Crippen LogP contribution >= 0.6 is 0 Å². The van der Waals surface area contributed by atoms with Gasteiger partial charge < -0.3 is 4.57 Å². The zero-order valence-corrected chi connectivity index (χ0v) is 9.03. The summed E-state index contributed by atoms with van der Waals surface area (Å²) in [5.74, 6) is 0. The van der Waals surface area contributed by atoms with E-state index in [1.165, 1.54) is 10.8 Å². The highest BCUT2D eigenvalue weighted by Crippen LogP contribution is 2.15. The third-order valence-corrected chi connectivity index (χ3v) is 2.06. The van der Waals surface area contributed by atoms with E-state index in [1.54, 1.807) is 6.92 Å². The second-order valence-electron chi connectivity index (χ2n) is 3.17. The summed E-state index contributed by atoms with van der Waals surface area (Å²) in [4.78, 5) is 22.8. The third-order valence-electron chi connectivity index (χ3n) is 2.06. The molecule has 0 aromatic carbocycles. The molecule has 96 valence electrons. The van der Waals surface area contributed by atoms with Crippen LogP contribution in [0.1, 0.15) is 6.92 Å². The molecule has 0 aliphatic carbocycles. The molecule has 0 spiro atoms. The average molecular weight is 252 g/mol. The van der Waals surface area contributed by atoms with E-state index in [9.17, 15) is 22.8 Å². The highest BCUT2D eigenvalue weighted by Gasteiger charge is 2.28. The van der Waals surface area contributed by atoms with E-state index in [0.29, 0.717) is 11.1 Å². The molecule has 1 rings (SSSR count). The zero-order chi connectivity index (χ0) is 13.1. The zero-order valence-electron chi connectivity index (χ0n) is 9.03. The number of aryl methyl sites for hydroxylation is 1. The number of nitrogens with zero attached hydrogens (tertiary/aromatic N) is 2. The molecular formula is C9H11F3N2O3. The first-order valence-corrected chi connectivity index (χ1v) is 4.86. The fraction of sp³-hybridized carbons (Fsp3) is 0.556. The third kappa shape index (κ3) is 3.74. The molecular weight excluding hydrogens is 241 g/mol. The molecule has 1 aromatic heterocycles. The molecule has 0 aliphatic rings. The van der Waals surface area contributed by atoms with Gasteiger partial charge in [0.15, 0.2) is 0 Å². The largest absolute Gasteiger partial charge is 0.522 e. The number of aromatic nitrogens is 2. The minimum atomic E-state index is -4.76. The van der Waals surface area contributed by atoms with Crippen LogP contribution in [-0.4, -0.2) is 22.1 Å². The van der Waals surface area contributed by atoms with Gasteiger partial charge in [-0.3, -0.25) is 14.1 Å². The van der Waals surface area contributed by atoms with Gasteiger partial charge >= 0.3 is 12.1 Å². The molecule has 0 bridgehead atoms. The molecule has 5 nitrogen and oxygen atoms in total. The maximum atomic E-state index is 11.7. The van der Waals surface area contributed by atoms with E-state index in [4.69, 9.17) is 0 Å². The number of ether oxygens (including phenoxy) is 1. The number of hydrogen-bond donors (Lipinski definition) is 0. The van der Waals surface area contributed by atoms with E-state index < -0.39 is 30.8 Å². The van der Waals surface area contributed by atoms with Crippen LogP contribution in [0.25, 0.3) is 0 Å². The van der Waals surface area contributed by atoms with Crippen LogP contribution in [0, 0.1) is 0 Å². The van der Waals surface area contributed by atoms with Crippen molar-refractivity contribution < 1.29 is 17.9 Å². The van der Waals surface area contributed by atoms with Gasteiger partial charge in [0, 0.05) is 18.8 Å². The minimum absolute atomic E-state index is 0.333. The normalized spacial score (nSPS) is 11.8. The summed E-state index contributed by atoms with van der Waals surface area (Å²) in [6, 6.07) is 1.12. The Bertz CT molecular complexity index is 489. The van der Waals surface area contributed by atoms with Gasteiger partial charge in [-0.05, 0) is 6.92 Å². The molecule has 0 atom stereocenters. The van der Waals surface area contributed by atoms with Gasteiger partial charge in [0.25, 0.3) is 5.56 Å². The summed E-state index contributed by atoms with van der Waals surface area (Å²) in [7, 11) is 0. The van der Waals surface area contributed by atoms with Gasteiger partial charge in [0.05, 0.1) is 13.2 Å². The van der Waals surface area contributed by atoms with E-state index in [1.807, 2.05) is 0 Å². The number of halogens is 3. The van der Waals surface area contributed by atoms with Crippen molar-refractivity contribution in [2.45, 2.75) is 26.4 Å². The van der Waals surface area contributed by atoms with Gasteiger partial charge in [-0.2, -0.15) is 0 Å². The van der Waals surface area contributed by atoms with Gasteiger partial charge in [0.2, 0.25) is 0 Å². The second kappa shape index (κ2) is 5.17. The Kier molecular flexibility index (Phi) is 4.11. The van der Waals surface area contributed by atoms with Crippen molar-refractivity contribution in [1.82, 2.24) is 9.13 Å². The van der Waals surface area contributed by atoms with Crippen molar-refractivity contribution in [3.8, 4) is 0 Å². The topological polar surface area (TPSA) is 53.2 Å². The van der Waals surface area contributed by atoms with Gasteiger partial charge in [0.1, 0.15) is 0 Å². The van der Waals surface area contributed by atoms with Crippen LogP contribution < -0.4 is 11.2 Å². The Morgan fingerprint density at radius 3 is 2.53 bits per heavy atom. The minimum Gasteiger partial charge on any atom is -0.301 e. The lowest BCUT2D eigenvalue weighted by Crippen LogP contribution is -2.40. The fourth-order valence-electron chi connectivity index (χ4n) is 1.26. The Morgan fingerprint density at radius 1 is 1.35 bits per heavy atom. The SMILES string of the molecule is CCn1ccc(=O)n(CCOC(F)(F)F)c1=O. The molecule has 0 radical (unpaired) electrons. The predicted octanol–water partition coefficient (Wildman–Crippen LogP) is 0.566.